The molecular weight excluding hydrogens is 470 g/mol. The summed E-state index contributed by atoms with van der Waals surface area (Å²) in [6.45, 7) is 4.05. The van der Waals surface area contributed by atoms with Crippen molar-refractivity contribution in [2.75, 3.05) is 18.2 Å². The zero-order valence-corrected chi connectivity index (χ0v) is 20.6. The Bertz CT molecular complexity index is 1430. The second-order valence-corrected chi connectivity index (χ2v) is 9.77. The SMILES string of the molecule is COC(=O)c1c(NC(=O)CSc2nc3ccccc3c(=O)n2Cc2ccccc2)sc(C)c1C. The van der Waals surface area contributed by atoms with Gasteiger partial charge in [0.05, 0.1) is 35.9 Å². The summed E-state index contributed by atoms with van der Waals surface area (Å²) < 4.78 is 6.46. The predicted molar refractivity (Wildman–Crippen MR) is 136 cm³/mol. The molecule has 1 amide bonds. The largest absolute Gasteiger partial charge is 0.465 e. The maximum Gasteiger partial charge on any atom is 0.341 e. The van der Waals surface area contributed by atoms with E-state index in [0.29, 0.717) is 33.2 Å². The van der Waals surface area contributed by atoms with Crippen LogP contribution in [-0.4, -0.2) is 34.3 Å². The molecule has 0 saturated heterocycles. The number of thiophene rings is 1. The van der Waals surface area contributed by atoms with E-state index in [9.17, 15) is 14.4 Å². The number of hydrogen-bond donors (Lipinski definition) is 1. The third-order valence-corrected chi connectivity index (χ3v) is 7.47. The molecule has 174 valence electrons. The number of carbonyl (C=O) groups excluding carboxylic acids is 2. The molecule has 2 heterocycles. The Hall–Kier alpha value is -3.43. The summed E-state index contributed by atoms with van der Waals surface area (Å²) in [5, 5.41) is 4.26. The minimum atomic E-state index is -0.488. The molecule has 4 aromatic rings. The lowest BCUT2D eigenvalue weighted by atomic mass is 10.1. The number of thioether (sulfide) groups is 1. The summed E-state index contributed by atoms with van der Waals surface area (Å²) in [6, 6.07) is 16.8. The first-order chi connectivity index (χ1) is 16.4. The third-order valence-electron chi connectivity index (χ3n) is 5.37. The Kier molecular flexibility index (Phi) is 7.14. The van der Waals surface area contributed by atoms with Crippen LogP contribution < -0.4 is 10.9 Å². The van der Waals surface area contributed by atoms with E-state index in [1.807, 2.05) is 56.3 Å². The van der Waals surface area contributed by atoms with Gasteiger partial charge in [-0.3, -0.25) is 14.2 Å². The number of ether oxygens (including phenoxy) is 1. The molecule has 0 aliphatic carbocycles. The number of hydrogen-bond acceptors (Lipinski definition) is 7. The number of rotatable bonds is 7. The molecule has 0 atom stereocenters. The molecule has 9 heteroatoms. The van der Waals surface area contributed by atoms with Crippen molar-refractivity contribution >= 4 is 50.9 Å². The van der Waals surface area contributed by atoms with Gasteiger partial charge in [-0.15, -0.1) is 11.3 Å². The maximum atomic E-state index is 13.2. The molecule has 1 N–H and O–H groups in total. The van der Waals surface area contributed by atoms with E-state index in [1.165, 1.54) is 30.2 Å². The molecule has 0 saturated carbocycles. The van der Waals surface area contributed by atoms with Crippen LogP contribution in [0.15, 0.2) is 64.5 Å². The summed E-state index contributed by atoms with van der Waals surface area (Å²) in [4.78, 5) is 43.8. The number of benzene rings is 2. The van der Waals surface area contributed by atoms with E-state index in [4.69, 9.17) is 4.74 Å². The van der Waals surface area contributed by atoms with E-state index in [-0.39, 0.29) is 17.2 Å². The first-order valence-electron chi connectivity index (χ1n) is 10.5. The van der Waals surface area contributed by atoms with Gasteiger partial charge in [-0.05, 0) is 37.1 Å². The minimum Gasteiger partial charge on any atom is -0.465 e. The van der Waals surface area contributed by atoms with Crippen molar-refractivity contribution in [3.63, 3.8) is 0 Å². The first kappa shape index (κ1) is 23.7. The number of aryl methyl sites for hydroxylation is 1. The van der Waals surface area contributed by atoms with Crippen molar-refractivity contribution in [2.45, 2.75) is 25.5 Å². The lowest BCUT2D eigenvalue weighted by Gasteiger charge is -2.13. The highest BCUT2D eigenvalue weighted by molar-refractivity contribution is 7.99. The van der Waals surface area contributed by atoms with Gasteiger partial charge in [0, 0.05) is 4.88 Å². The van der Waals surface area contributed by atoms with Crippen LogP contribution >= 0.6 is 23.1 Å². The maximum absolute atomic E-state index is 13.2. The van der Waals surface area contributed by atoms with E-state index in [2.05, 4.69) is 10.3 Å². The fourth-order valence-electron chi connectivity index (χ4n) is 3.52. The highest BCUT2D eigenvalue weighted by atomic mass is 32.2. The van der Waals surface area contributed by atoms with Crippen LogP contribution in [-0.2, 0) is 16.1 Å². The number of para-hydroxylation sites is 1. The van der Waals surface area contributed by atoms with Gasteiger partial charge >= 0.3 is 5.97 Å². The first-order valence-corrected chi connectivity index (χ1v) is 12.3. The summed E-state index contributed by atoms with van der Waals surface area (Å²) in [5.74, 6) is -0.765. The topological polar surface area (TPSA) is 90.3 Å². The molecule has 0 bridgehead atoms. The Morgan fingerprint density at radius 2 is 1.79 bits per heavy atom. The summed E-state index contributed by atoms with van der Waals surface area (Å²) in [6.07, 6.45) is 0. The quantitative estimate of drug-likeness (QED) is 0.229. The zero-order valence-electron chi connectivity index (χ0n) is 19.0. The van der Waals surface area contributed by atoms with Gasteiger partial charge < -0.3 is 10.1 Å². The Balaban J connectivity index is 1.60. The van der Waals surface area contributed by atoms with E-state index in [0.717, 1.165) is 16.0 Å². The van der Waals surface area contributed by atoms with Crippen LogP contribution in [0.2, 0.25) is 0 Å². The highest BCUT2D eigenvalue weighted by Gasteiger charge is 2.22. The molecule has 7 nitrogen and oxygen atoms in total. The summed E-state index contributed by atoms with van der Waals surface area (Å²) in [7, 11) is 1.31. The minimum absolute atomic E-state index is 0.0240. The fraction of sp³-hybridized carbons (Fsp3) is 0.200. The molecule has 0 aliphatic heterocycles. The van der Waals surface area contributed by atoms with E-state index >= 15 is 0 Å². The fourth-order valence-corrected chi connectivity index (χ4v) is 5.38. The van der Waals surface area contributed by atoms with Gasteiger partial charge in [0.2, 0.25) is 5.91 Å². The predicted octanol–water partition coefficient (Wildman–Crippen LogP) is 4.64. The number of fused-ring (bicyclic) bond motifs is 1. The van der Waals surface area contributed by atoms with Gasteiger partial charge in [0.15, 0.2) is 5.16 Å². The number of anilines is 1. The summed E-state index contributed by atoms with van der Waals surface area (Å²) in [5.41, 5.74) is 2.54. The van der Waals surface area contributed by atoms with Gasteiger partial charge in [-0.1, -0.05) is 54.2 Å². The summed E-state index contributed by atoms with van der Waals surface area (Å²) >= 11 is 2.51. The number of esters is 1. The van der Waals surface area contributed by atoms with Crippen molar-refractivity contribution in [2.24, 2.45) is 0 Å². The van der Waals surface area contributed by atoms with Gasteiger partial charge in [0.1, 0.15) is 5.00 Å². The Morgan fingerprint density at radius 3 is 2.53 bits per heavy atom. The van der Waals surface area contributed by atoms with Crippen molar-refractivity contribution in [3.05, 3.63) is 86.5 Å². The molecule has 0 unspecified atom stereocenters. The molecule has 2 aromatic heterocycles. The number of nitrogens with zero attached hydrogens (tertiary/aromatic N) is 2. The number of amides is 1. The number of methoxy groups -OCH3 is 1. The highest BCUT2D eigenvalue weighted by Crippen LogP contribution is 2.33. The average molecular weight is 494 g/mol. The molecule has 0 radical (unpaired) electrons. The molecular formula is C25H23N3O4S2. The molecule has 0 fully saturated rings. The lowest BCUT2D eigenvalue weighted by molar-refractivity contribution is -0.113. The molecule has 4 rings (SSSR count). The standard InChI is InChI=1S/C25H23N3O4S2/c1-15-16(2)34-22(21(15)24(31)32-3)27-20(29)14-33-25-26-19-12-8-7-11-18(19)23(30)28(25)13-17-9-5-4-6-10-17/h4-12H,13-14H2,1-3H3,(H,27,29). The monoisotopic (exact) mass is 493 g/mol. The number of aromatic nitrogens is 2. The van der Waals surface area contributed by atoms with Crippen molar-refractivity contribution in [1.82, 2.24) is 9.55 Å². The van der Waals surface area contributed by atoms with Crippen LogP contribution in [0.4, 0.5) is 5.00 Å². The molecule has 2 aromatic carbocycles. The van der Waals surface area contributed by atoms with E-state index < -0.39 is 5.97 Å². The van der Waals surface area contributed by atoms with E-state index in [1.54, 1.807) is 16.7 Å². The zero-order chi connectivity index (χ0) is 24.2. The van der Waals surface area contributed by atoms with Crippen molar-refractivity contribution in [3.8, 4) is 0 Å². The van der Waals surface area contributed by atoms with Crippen LogP contribution in [0, 0.1) is 13.8 Å². The lowest BCUT2D eigenvalue weighted by Crippen LogP contribution is -2.25. The normalized spacial score (nSPS) is 10.9. The van der Waals surface area contributed by atoms with Gasteiger partial charge in [0.25, 0.3) is 5.56 Å². The van der Waals surface area contributed by atoms with Crippen LogP contribution in [0.3, 0.4) is 0 Å². The van der Waals surface area contributed by atoms with Gasteiger partial charge in [-0.2, -0.15) is 0 Å². The smallest absolute Gasteiger partial charge is 0.341 e. The molecule has 0 spiro atoms. The third kappa shape index (κ3) is 4.90. The molecule has 0 aliphatic rings. The Morgan fingerprint density at radius 1 is 1.09 bits per heavy atom. The average Bonchev–Trinajstić information content (AvgIpc) is 3.12. The number of carbonyl (C=O) groups is 2. The van der Waals surface area contributed by atoms with Crippen LogP contribution in [0.25, 0.3) is 10.9 Å². The van der Waals surface area contributed by atoms with Crippen LogP contribution in [0.5, 0.6) is 0 Å². The van der Waals surface area contributed by atoms with Crippen molar-refractivity contribution in [1.29, 1.82) is 0 Å². The number of nitrogens with one attached hydrogen (secondary N) is 1. The van der Waals surface area contributed by atoms with Crippen molar-refractivity contribution < 1.29 is 14.3 Å². The Labute approximate surface area is 204 Å². The van der Waals surface area contributed by atoms with Crippen LogP contribution in [0.1, 0.15) is 26.4 Å². The van der Waals surface area contributed by atoms with Gasteiger partial charge in [-0.25, -0.2) is 9.78 Å². The second-order valence-electron chi connectivity index (χ2n) is 7.60. The second kappa shape index (κ2) is 10.2. The molecule has 34 heavy (non-hydrogen) atoms.